The summed E-state index contributed by atoms with van der Waals surface area (Å²) in [5.74, 6) is -3.25. The number of hydrogen-bond acceptors (Lipinski definition) is 7. The number of β-amino-alcohol motifs (C(OH)–C–C–N with tert-alkyl or cyclic N) is 1. The summed E-state index contributed by atoms with van der Waals surface area (Å²) in [4.78, 5) is 55.8. The quantitative estimate of drug-likeness (QED) is 0.167. The molecule has 7 atom stereocenters. The average Bonchev–Trinajstić information content (AvgIpc) is 3.47. The number of aliphatic hydroxyl groups is 1. The van der Waals surface area contributed by atoms with Crippen LogP contribution in [-0.2, 0) is 28.7 Å². The zero-order valence-electron chi connectivity index (χ0n) is 22.3. The number of amides is 3. The maximum Gasteiger partial charge on any atom is 0.312 e. The Hall–Kier alpha value is -2.24. The molecule has 3 heterocycles. The predicted molar refractivity (Wildman–Crippen MR) is 144 cm³/mol. The molecule has 0 aromatic heterocycles. The van der Waals surface area contributed by atoms with Crippen molar-refractivity contribution in [2.24, 2.45) is 11.8 Å². The second-order valence-corrected chi connectivity index (χ2v) is 11.4. The number of carbonyl (C=O) groups excluding carboxylic acids is 4. The van der Waals surface area contributed by atoms with Crippen molar-refractivity contribution in [3.63, 3.8) is 0 Å². The third-order valence-electron chi connectivity index (χ3n) is 7.56. The fourth-order valence-electron chi connectivity index (χ4n) is 5.89. The van der Waals surface area contributed by atoms with Crippen LogP contribution in [0.25, 0.3) is 0 Å². The molecule has 0 aliphatic carbocycles. The summed E-state index contributed by atoms with van der Waals surface area (Å²) in [6.07, 6.45) is 4.94. The Kier molecular flexibility index (Phi) is 10.5. The maximum atomic E-state index is 13.9. The Balaban J connectivity index is 1.84. The van der Waals surface area contributed by atoms with Gasteiger partial charge in [0, 0.05) is 30.9 Å². The Bertz CT molecular complexity index is 930. The number of fused-ring (bicyclic) bond motifs is 1. The number of unbranched alkanes of at least 4 members (excludes halogenated alkanes) is 1. The lowest BCUT2D eigenvalue weighted by Crippen LogP contribution is -2.57. The van der Waals surface area contributed by atoms with E-state index in [4.69, 9.17) is 9.47 Å². The number of hydrogen-bond donors (Lipinski definition) is 2. The van der Waals surface area contributed by atoms with Gasteiger partial charge in [-0.05, 0) is 26.2 Å². The molecule has 3 aliphatic heterocycles. The second-order valence-electron chi connectivity index (χ2n) is 10.2. The molecule has 2 N–H and O–H groups in total. The highest BCUT2D eigenvalue weighted by Gasteiger charge is 2.77. The molecule has 3 amide bonds. The lowest BCUT2D eigenvalue weighted by molar-refractivity contribution is -0.159. The van der Waals surface area contributed by atoms with Crippen LogP contribution in [0.5, 0.6) is 0 Å². The van der Waals surface area contributed by atoms with Crippen LogP contribution in [-0.4, -0.2) is 100 Å². The van der Waals surface area contributed by atoms with Crippen molar-refractivity contribution in [1.82, 2.24) is 15.1 Å². The second kappa shape index (κ2) is 13.2. The van der Waals surface area contributed by atoms with E-state index in [2.05, 4.69) is 34.4 Å². The van der Waals surface area contributed by atoms with Crippen LogP contribution >= 0.6 is 15.9 Å². The minimum Gasteiger partial charge on any atom is -0.460 e. The molecule has 3 rings (SSSR count). The fraction of sp³-hybridized carbons (Fsp3) is 0.704. The Morgan fingerprint density at radius 1 is 1.37 bits per heavy atom. The molecule has 3 aliphatic rings. The first kappa shape index (κ1) is 30.3. The molecular weight excluding hydrogens is 558 g/mol. The zero-order chi connectivity index (χ0) is 28.0. The summed E-state index contributed by atoms with van der Waals surface area (Å²) in [5.41, 5.74) is -1.21. The van der Waals surface area contributed by atoms with Gasteiger partial charge < -0.3 is 29.7 Å². The monoisotopic (exact) mass is 597 g/mol. The van der Waals surface area contributed by atoms with Gasteiger partial charge >= 0.3 is 5.97 Å². The van der Waals surface area contributed by atoms with Crippen molar-refractivity contribution in [2.75, 3.05) is 32.8 Å². The first-order valence-electron chi connectivity index (χ1n) is 13.4. The first-order chi connectivity index (χ1) is 18.2. The zero-order valence-corrected chi connectivity index (χ0v) is 23.9. The number of nitrogens with one attached hydrogen (secondary N) is 1. The number of carbonyl (C=O) groups is 4. The van der Waals surface area contributed by atoms with Gasteiger partial charge in [0.25, 0.3) is 0 Å². The molecule has 0 saturated carbocycles. The smallest absolute Gasteiger partial charge is 0.312 e. The van der Waals surface area contributed by atoms with E-state index >= 15 is 0 Å². The van der Waals surface area contributed by atoms with E-state index in [-0.39, 0.29) is 42.2 Å². The predicted octanol–water partition coefficient (Wildman–Crippen LogP) is 1.56. The van der Waals surface area contributed by atoms with E-state index in [1.54, 1.807) is 24.0 Å². The Morgan fingerprint density at radius 2 is 2.11 bits per heavy atom. The van der Waals surface area contributed by atoms with Crippen LogP contribution < -0.4 is 5.32 Å². The van der Waals surface area contributed by atoms with E-state index in [9.17, 15) is 24.3 Å². The van der Waals surface area contributed by atoms with Gasteiger partial charge in [0.05, 0.1) is 31.1 Å². The molecule has 0 aromatic carbocycles. The highest BCUT2D eigenvalue weighted by atomic mass is 79.9. The van der Waals surface area contributed by atoms with Crippen molar-refractivity contribution in [2.45, 2.75) is 74.6 Å². The number of alkyl halides is 1. The van der Waals surface area contributed by atoms with Gasteiger partial charge in [-0.2, -0.15) is 0 Å². The largest absolute Gasteiger partial charge is 0.460 e. The minimum absolute atomic E-state index is 0.0426. The van der Waals surface area contributed by atoms with Crippen LogP contribution in [0.15, 0.2) is 25.3 Å². The molecule has 1 unspecified atom stereocenters. The lowest BCUT2D eigenvalue weighted by atomic mass is 9.70. The minimum atomic E-state index is -1.21. The summed E-state index contributed by atoms with van der Waals surface area (Å²) in [6.45, 7) is 11.7. The Labute approximate surface area is 232 Å². The van der Waals surface area contributed by atoms with Gasteiger partial charge in [0.2, 0.25) is 17.7 Å². The van der Waals surface area contributed by atoms with Crippen LogP contribution in [0.4, 0.5) is 0 Å². The van der Waals surface area contributed by atoms with E-state index in [1.165, 1.54) is 4.90 Å². The number of rotatable bonds is 15. The SMILES string of the molecule is C=CCCC(=O)NC[C@@H](C)OC(=O)[C@H]1[C@@H]2O[C@@]3(CC2Br)[C@@H]1C(=O)N(CCO)[C@@H]3C(=O)N(CC=C)CCCC. The van der Waals surface area contributed by atoms with Crippen molar-refractivity contribution >= 4 is 39.6 Å². The van der Waals surface area contributed by atoms with E-state index < -0.39 is 41.7 Å². The molecule has 0 radical (unpaired) electrons. The van der Waals surface area contributed by atoms with Gasteiger partial charge in [-0.25, -0.2) is 0 Å². The number of likely N-dealkylation sites (tertiary alicyclic amines) is 1. The third-order valence-corrected chi connectivity index (χ3v) is 8.40. The standard InChI is InChI=1S/C27H40BrN3O7/c1-5-8-10-19(33)29-16-17(4)37-26(36)20-21-24(34)31(13-14-32)23(27(21)15-18(28)22(20)38-27)25(35)30(11-7-3)12-9-6-2/h5,7,17-18,20-23,32H,1,3,6,8-16H2,2,4H3,(H,29,33)/t17-,18?,20-,21+,22-,23-,27+/m1/s1. The normalized spacial score (nSPS) is 30.1. The molecular formula is C27H40BrN3O7. The van der Waals surface area contributed by atoms with Crippen LogP contribution in [0.1, 0.15) is 46.0 Å². The molecule has 2 bridgehead atoms. The van der Waals surface area contributed by atoms with E-state index in [1.807, 2.05) is 6.92 Å². The highest BCUT2D eigenvalue weighted by molar-refractivity contribution is 9.09. The van der Waals surface area contributed by atoms with Gasteiger partial charge in [-0.1, -0.05) is 41.4 Å². The van der Waals surface area contributed by atoms with Gasteiger partial charge in [0.15, 0.2) is 0 Å². The molecule has 3 fully saturated rings. The van der Waals surface area contributed by atoms with Gasteiger partial charge in [-0.15, -0.1) is 13.2 Å². The first-order valence-corrected chi connectivity index (χ1v) is 14.3. The molecule has 0 aromatic rings. The number of ether oxygens (including phenoxy) is 2. The number of aliphatic hydroxyl groups excluding tert-OH is 1. The molecule has 212 valence electrons. The van der Waals surface area contributed by atoms with Gasteiger partial charge in [-0.3, -0.25) is 19.2 Å². The summed E-state index contributed by atoms with van der Waals surface area (Å²) >= 11 is 3.62. The van der Waals surface area contributed by atoms with E-state index in [0.29, 0.717) is 32.4 Å². The topological polar surface area (TPSA) is 125 Å². The van der Waals surface area contributed by atoms with Crippen LogP contribution in [0.2, 0.25) is 0 Å². The number of halogens is 1. The highest BCUT2D eigenvalue weighted by Crippen LogP contribution is 2.60. The summed E-state index contributed by atoms with van der Waals surface area (Å²) in [6, 6.07) is -0.964. The van der Waals surface area contributed by atoms with Crippen molar-refractivity contribution in [1.29, 1.82) is 0 Å². The Morgan fingerprint density at radius 3 is 2.74 bits per heavy atom. The van der Waals surface area contributed by atoms with Crippen LogP contribution in [0.3, 0.4) is 0 Å². The van der Waals surface area contributed by atoms with Crippen LogP contribution in [0, 0.1) is 11.8 Å². The fourth-order valence-corrected chi connectivity index (χ4v) is 6.84. The maximum absolute atomic E-state index is 13.9. The molecule has 38 heavy (non-hydrogen) atoms. The molecule has 10 nitrogen and oxygen atoms in total. The van der Waals surface area contributed by atoms with Gasteiger partial charge in [0.1, 0.15) is 17.7 Å². The summed E-state index contributed by atoms with van der Waals surface area (Å²) in [5, 5.41) is 12.5. The number of nitrogens with zero attached hydrogens (tertiary/aromatic N) is 2. The number of allylic oxidation sites excluding steroid dienone is 1. The summed E-state index contributed by atoms with van der Waals surface area (Å²) in [7, 11) is 0. The third kappa shape index (κ3) is 5.84. The van der Waals surface area contributed by atoms with E-state index in [0.717, 1.165) is 12.8 Å². The molecule has 1 spiro atoms. The summed E-state index contributed by atoms with van der Waals surface area (Å²) < 4.78 is 12.1. The average molecular weight is 599 g/mol. The van der Waals surface area contributed by atoms with Crippen molar-refractivity contribution in [3.8, 4) is 0 Å². The van der Waals surface area contributed by atoms with Crippen molar-refractivity contribution in [3.05, 3.63) is 25.3 Å². The number of esters is 1. The van der Waals surface area contributed by atoms with Crippen molar-refractivity contribution < 1.29 is 33.8 Å². The molecule has 3 saturated heterocycles. The lowest BCUT2D eigenvalue weighted by Gasteiger charge is -2.37. The molecule has 11 heteroatoms.